The average Bonchev–Trinajstić information content (AvgIpc) is 2.66. The fraction of sp³-hybridized carbons (Fsp3) is 0.300. The van der Waals surface area contributed by atoms with E-state index in [1.54, 1.807) is 30.3 Å². The van der Waals surface area contributed by atoms with Crippen molar-refractivity contribution < 1.29 is 28.5 Å². The van der Waals surface area contributed by atoms with Crippen molar-refractivity contribution in [2.24, 2.45) is 0 Å². The van der Waals surface area contributed by atoms with E-state index in [-0.39, 0.29) is 13.2 Å². The Labute approximate surface area is 158 Å². The van der Waals surface area contributed by atoms with Crippen LogP contribution in [0.3, 0.4) is 0 Å². The fourth-order valence-electron chi connectivity index (χ4n) is 2.42. The summed E-state index contributed by atoms with van der Waals surface area (Å²) in [5.41, 5.74) is 0.633. The highest BCUT2D eigenvalue weighted by Gasteiger charge is 2.18. The molecule has 0 aliphatic carbocycles. The highest BCUT2D eigenvalue weighted by Crippen LogP contribution is 2.26. The molecule has 0 bridgehead atoms. The zero-order chi connectivity index (χ0) is 19.6. The monoisotopic (exact) mass is 373 g/mol. The zero-order valence-corrected chi connectivity index (χ0v) is 15.6. The van der Waals surface area contributed by atoms with Crippen molar-refractivity contribution in [2.75, 3.05) is 27.4 Å². The van der Waals surface area contributed by atoms with E-state index in [2.05, 4.69) is 0 Å². The molecular weight excluding hydrogens is 350 g/mol. The lowest BCUT2D eigenvalue weighted by atomic mass is 10.2. The number of methoxy groups -OCH3 is 2. The number of hydroxylamine groups is 1. The third-order valence-electron chi connectivity index (χ3n) is 3.60. The number of esters is 1. The molecule has 0 aromatic heterocycles. The number of para-hydroxylation sites is 1. The third-order valence-corrected chi connectivity index (χ3v) is 3.60. The fourth-order valence-corrected chi connectivity index (χ4v) is 2.42. The second kappa shape index (κ2) is 10.1. The lowest BCUT2D eigenvalue weighted by Crippen LogP contribution is -2.32. The molecule has 0 saturated carbocycles. The summed E-state index contributed by atoms with van der Waals surface area (Å²) in [5, 5.41) is 12.3. The summed E-state index contributed by atoms with van der Waals surface area (Å²) < 4.78 is 21.9. The molecule has 0 spiro atoms. The van der Waals surface area contributed by atoms with Gasteiger partial charge in [0.2, 0.25) is 0 Å². The van der Waals surface area contributed by atoms with Gasteiger partial charge in [0.05, 0.1) is 14.2 Å². The van der Waals surface area contributed by atoms with Crippen LogP contribution in [-0.2, 0) is 9.53 Å². The van der Waals surface area contributed by atoms with Gasteiger partial charge < -0.3 is 24.2 Å². The number of benzene rings is 2. The van der Waals surface area contributed by atoms with Crippen LogP contribution in [-0.4, -0.2) is 50.4 Å². The van der Waals surface area contributed by atoms with Gasteiger partial charge >= 0.3 is 5.97 Å². The van der Waals surface area contributed by atoms with E-state index in [1.165, 1.54) is 27.4 Å². The van der Waals surface area contributed by atoms with Crippen molar-refractivity contribution in [3.05, 3.63) is 59.3 Å². The Bertz CT molecular complexity index is 775. The minimum absolute atomic E-state index is 0.0687. The van der Waals surface area contributed by atoms with E-state index < -0.39 is 12.1 Å². The molecule has 2 aromatic carbocycles. The minimum Gasteiger partial charge on any atom is -0.624 e. The summed E-state index contributed by atoms with van der Waals surface area (Å²) in [4.78, 5) is 11.3. The topological polar surface area (TPSA) is 80.1 Å². The molecule has 0 fully saturated rings. The summed E-state index contributed by atoms with van der Waals surface area (Å²) in [6.07, 6.45) is 0.678. The van der Waals surface area contributed by atoms with Gasteiger partial charge in [0.1, 0.15) is 12.4 Å². The van der Waals surface area contributed by atoms with Gasteiger partial charge in [0, 0.05) is 12.5 Å². The standard InChI is InChI=1S/C20H23NO6/c1-15(22)27-18(14-26-17-7-5-4-6-8-17)13-21(23)12-16-9-10-19(24-2)20(11-16)25-3/h4-12,18H,13-14H2,1-3H3/b21-12-/t18-/m1/s1. The first-order valence-electron chi connectivity index (χ1n) is 8.37. The van der Waals surface area contributed by atoms with Crippen LogP contribution in [0.1, 0.15) is 12.5 Å². The van der Waals surface area contributed by atoms with Crippen LogP contribution in [0.5, 0.6) is 17.2 Å². The number of nitrogens with zero attached hydrogens (tertiary/aromatic N) is 1. The maximum Gasteiger partial charge on any atom is 0.303 e. The highest BCUT2D eigenvalue weighted by atomic mass is 16.6. The Morgan fingerprint density at radius 2 is 1.81 bits per heavy atom. The van der Waals surface area contributed by atoms with E-state index in [0.717, 1.165) is 0 Å². The maximum atomic E-state index is 12.3. The van der Waals surface area contributed by atoms with Gasteiger partial charge in [0.15, 0.2) is 30.4 Å². The molecule has 7 nitrogen and oxygen atoms in total. The zero-order valence-electron chi connectivity index (χ0n) is 15.6. The number of carbonyl (C=O) groups excluding carboxylic acids is 1. The molecule has 0 heterocycles. The Morgan fingerprint density at radius 1 is 1.11 bits per heavy atom. The Hall–Kier alpha value is -3.22. The first-order chi connectivity index (χ1) is 13.0. The predicted octanol–water partition coefficient (Wildman–Crippen LogP) is 2.64. The van der Waals surface area contributed by atoms with Crippen molar-refractivity contribution >= 4 is 12.2 Å². The number of ether oxygens (including phenoxy) is 4. The maximum absolute atomic E-state index is 12.3. The SMILES string of the molecule is COc1ccc(/C=[N+](\[O-])C[C@H](COc2ccccc2)OC(C)=O)cc1OC. The van der Waals surface area contributed by atoms with Gasteiger partial charge in [-0.15, -0.1) is 0 Å². The van der Waals surface area contributed by atoms with Crippen molar-refractivity contribution in [2.45, 2.75) is 13.0 Å². The summed E-state index contributed by atoms with van der Waals surface area (Å²) in [6.45, 7) is 1.30. The quantitative estimate of drug-likeness (QED) is 0.221. The van der Waals surface area contributed by atoms with Gasteiger partial charge in [-0.25, -0.2) is 4.74 Å². The third kappa shape index (κ3) is 6.54. The van der Waals surface area contributed by atoms with Crippen LogP contribution < -0.4 is 14.2 Å². The van der Waals surface area contributed by atoms with Crippen molar-refractivity contribution in [3.8, 4) is 17.2 Å². The van der Waals surface area contributed by atoms with Gasteiger partial charge in [-0.1, -0.05) is 18.2 Å². The van der Waals surface area contributed by atoms with E-state index in [9.17, 15) is 10.0 Å². The molecule has 0 unspecified atom stereocenters. The second-order valence-corrected chi connectivity index (χ2v) is 5.70. The van der Waals surface area contributed by atoms with Crippen LogP contribution in [0.2, 0.25) is 0 Å². The molecule has 0 radical (unpaired) electrons. The normalized spacial score (nSPS) is 12.2. The summed E-state index contributed by atoms with van der Waals surface area (Å²) in [5.74, 6) is 1.25. The average molecular weight is 373 g/mol. The number of hydrogen-bond donors (Lipinski definition) is 0. The number of hydrogen-bond acceptors (Lipinski definition) is 6. The lowest BCUT2D eigenvalue weighted by Gasteiger charge is -2.17. The highest BCUT2D eigenvalue weighted by molar-refractivity contribution is 5.77. The van der Waals surface area contributed by atoms with E-state index in [1.807, 2.05) is 18.2 Å². The van der Waals surface area contributed by atoms with Crippen LogP contribution >= 0.6 is 0 Å². The summed E-state index contributed by atoms with van der Waals surface area (Å²) in [7, 11) is 3.06. The van der Waals surface area contributed by atoms with E-state index >= 15 is 0 Å². The first-order valence-corrected chi connectivity index (χ1v) is 8.37. The predicted molar refractivity (Wildman–Crippen MR) is 101 cm³/mol. The van der Waals surface area contributed by atoms with Crippen LogP contribution in [0, 0.1) is 5.21 Å². The van der Waals surface area contributed by atoms with Crippen LogP contribution in [0.4, 0.5) is 0 Å². The van der Waals surface area contributed by atoms with Crippen LogP contribution in [0.15, 0.2) is 48.5 Å². The molecule has 7 heteroatoms. The van der Waals surface area contributed by atoms with E-state index in [4.69, 9.17) is 18.9 Å². The Balaban J connectivity index is 2.06. The van der Waals surface area contributed by atoms with Gasteiger partial charge in [-0.2, -0.15) is 0 Å². The number of carbonyl (C=O) groups is 1. The summed E-state index contributed by atoms with van der Waals surface area (Å²) in [6, 6.07) is 14.2. The van der Waals surface area contributed by atoms with Gasteiger partial charge in [-0.05, 0) is 30.3 Å². The minimum atomic E-state index is -0.711. The molecule has 0 amide bonds. The molecule has 2 aromatic rings. The molecule has 0 aliphatic heterocycles. The molecule has 27 heavy (non-hydrogen) atoms. The molecule has 0 N–H and O–H groups in total. The Kier molecular flexibility index (Phi) is 7.49. The van der Waals surface area contributed by atoms with Crippen molar-refractivity contribution in [1.82, 2.24) is 0 Å². The van der Waals surface area contributed by atoms with Gasteiger partial charge in [-0.3, -0.25) is 4.79 Å². The van der Waals surface area contributed by atoms with Gasteiger partial charge in [0.25, 0.3) is 0 Å². The molecular formula is C20H23NO6. The largest absolute Gasteiger partial charge is 0.624 e. The molecule has 1 atom stereocenters. The molecule has 2 rings (SSSR count). The first kappa shape index (κ1) is 20.1. The molecule has 0 aliphatic rings. The van der Waals surface area contributed by atoms with Crippen LogP contribution in [0.25, 0.3) is 0 Å². The molecule has 144 valence electrons. The summed E-state index contributed by atoms with van der Waals surface area (Å²) >= 11 is 0. The molecule has 0 saturated heterocycles. The Morgan fingerprint density at radius 3 is 2.44 bits per heavy atom. The smallest absolute Gasteiger partial charge is 0.303 e. The lowest BCUT2D eigenvalue weighted by molar-refractivity contribution is -0.464. The van der Waals surface area contributed by atoms with Crippen molar-refractivity contribution in [3.63, 3.8) is 0 Å². The van der Waals surface area contributed by atoms with Crippen molar-refractivity contribution in [1.29, 1.82) is 0 Å². The van der Waals surface area contributed by atoms with E-state index in [0.29, 0.717) is 27.6 Å². The number of rotatable bonds is 9. The second-order valence-electron chi connectivity index (χ2n) is 5.70.